The molecule has 0 aliphatic carbocycles. The van der Waals surface area contributed by atoms with Crippen molar-refractivity contribution in [3.05, 3.63) is 29.8 Å². The van der Waals surface area contributed by atoms with Crippen LogP contribution in [0.3, 0.4) is 0 Å². The van der Waals surface area contributed by atoms with Crippen molar-refractivity contribution in [2.24, 2.45) is 0 Å². The van der Waals surface area contributed by atoms with Crippen molar-refractivity contribution >= 4 is 10.5 Å². The molecule has 128 valence electrons. The van der Waals surface area contributed by atoms with Crippen LogP contribution in [0.5, 0.6) is 5.75 Å². The summed E-state index contributed by atoms with van der Waals surface area (Å²) in [7, 11) is -9.93. The lowest BCUT2D eigenvalue weighted by molar-refractivity contribution is 0.243. The fourth-order valence-electron chi connectivity index (χ4n) is 1.16. The highest BCUT2D eigenvalue weighted by Gasteiger charge is 2.67. The molecule has 0 amide bonds. The molecule has 0 aliphatic heterocycles. The fourth-order valence-corrected chi connectivity index (χ4v) is 1.63. The number of halogens is 5. The molecule has 0 aliphatic rings. The van der Waals surface area contributed by atoms with E-state index < -0.39 is 22.2 Å². The maximum Gasteiger partial charge on any atom is 0.435 e. The largest absolute Gasteiger partial charge is 0.435 e. The van der Waals surface area contributed by atoms with Gasteiger partial charge in [0.2, 0.25) is 0 Å². The quantitative estimate of drug-likeness (QED) is 0.641. The number of rotatable bonds is 4. The van der Waals surface area contributed by atoms with Gasteiger partial charge in [0.05, 0.1) is 0 Å². The van der Waals surface area contributed by atoms with Crippen molar-refractivity contribution in [2.75, 3.05) is 6.61 Å². The molecule has 0 saturated carbocycles. The molecular formula is C13H23F5O2S. The van der Waals surface area contributed by atoms with Crippen molar-refractivity contribution < 1.29 is 28.7 Å². The Morgan fingerprint density at radius 3 is 1.90 bits per heavy atom. The lowest BCUT2D eigenvalue weighted by Crippen LogP contribution is -2.14. The van der Waals surface area contributed by atoms with Crippen LogP contribution in [0.2, 0.25) is 0 Å². The van der Waals surface area contributed by atoms with Crippen LogP contribution in [0.1, 0.15) is 46.1 Å². The van der Waals surface area contributed by atoms with Crippen LogP contribution in [0.25, 0.3) is 0 Å². The van der Waals surface area contributed by atoms with Crippen LogP contribution in [-0.4, -0.2) is 11.7 Å². The minimum Gasteiger partial charge on any atom is -0.396 e. The maximum absolute atomic E-state index is 12.0. The molecular weight excluding hydrogens is 315 g/mol. The second kappa shape index (κ2) is 7.31. The summed E-state index contributed by atoms with van der Waals surface area (Å²) < 4.78 is 63.1. The van der Waals surface area contributed by atoms with E-state index in [4.69, 9.17) is 5.11 Å². The zero-order valence-electron chi connectivity index (χ0n) is 12.7. The lowest BCUT2D eigenvalue weighted by atomic mass is 10.0. The Labute approximate surface area is 122 Å². The second-order valence-electron chi connectivity index (χ2n) is 3.64. The van der Waals surface area contributed by atoms with E-state index in [0.717, 1.165) is 18.2 Å². The second-order valence-corrected chi connectivity index (χ2v) is 5.60. The van der Waals surface area contributed by atoms with Crippen molar-refractivity contribution in [3.63, 3.8) is 0 Å². The summed E-state index contributed by atoms with van der Waals surface area (Å²) in [4.78, 5) is 0. The van der Waals surface area contributed by atoms with Gasteiger partial charge >= 0.3 is 10.5 Å². The van der Waals surface area contributed by atoms with Crippen LogP contribution in [0.4, 0.5) is 19.4 Å². The van der Waals surface area contributed by atoms with E-state index in [9.17, 15) is 19.4 Å². The van der Waals surface area contributed by atoms with Crippen molar-refractivity contribution in [3.8, 4) is 5.75 Å². The summed E-state index contributed by atoms with van der Waals surface area (Å²) in [6.45, 7) is 9.23. The third-order valence-electron chi connectivity index (χ3n) is 1.95. The number of aliphatic hydroxyl groups excluding tert-OH is 1. The number of aliphatic hydroxyl groups is 1. The average molecular weight is 338 g/mol. The number of hydrogen-bond donors (Lipinski definition) is 1. The molecule has 0 spiro atoms. The SMILES string of the molecule is CC.CC.CC(CO)c1cccc(OS(F)(F)(F)(F)F)c1. The maximum atomic E-state index is 12.0. The molecule has 2 nitrogen and oxygen atoms in total. The summed E-state index contributed by atoms with van der Waals surface area (Å²) in [5, 5.41) is 8.81. The molecule has 1 unspecified atom stereocenters. The minimum absolute atomic E-state index is 0.284. The van der Waals surface area contributed by atoms with E-state index in [2.05, 4.69) is 4.18 Å². The van der Waals surface area contributed by atoms with Gasteiger partial charge in [-0.25, -0.2) is 0 Å². The molecule has 1 atom stereocenters. The Balaban J connectivity index is 0. The third-order valence-corrected chi connectivity index (χ3v) is 2.46. The summed E-state index contributed by atoms with van der Waals surface area (Å²) in [6.07, 6.45) is 0. The fraction of sp³-hybridized carbons (Fsp3) is 0.538. The first-order valence-corrected chi connectivity index (χ1v) is 8.43. The van der Waals surface area contributed by atoms with Gasteiger partial charge in [0.1, 0.15) is 5.75 Å². The first-order chi connectivity index (χ1) is 9.40. The Morgan fingerprint density at radius 1 is 1.05 bits per heavy atom. The highest BCUT2D eigenvalue weighted by Crippen LogP contribution is 2.97. The Bertz CT molecular complexity index is 419. The minimum atomic E-state index is -9.93. The van der Waals surface area contributed by atoms with Crippen LogP contribution in [-0.2, 0) is 0 Å². The van der Waals surface area contributed by atoms with Gasteiger partial charge in [-0.1, -0.05) is 66.2 Å². The highest BCUT2D eigenvalue weighted by atomic mass is 32.5. The van der Waals surface area contributed by atoms with E-state index >= 15 is 0 Å². The predicted octanol–water partition coefficient (Wildman–Crippen LogP) is 6.43. The van der Waals surface area contributed by atoms with E-state index in [1.807, 2.05) is 27.7 Å². The molecule has 0 saturated heterocycles. The van der Waals surface area contributed by atoms with Crippen LogP contribution < -0.4 is 4.18 Å². The molecule has 1 aromatic carbocycles. The summed E-state index contributed by atoms with van der Waals surface area (Å²) in [6, 6.07) is 4.18. The van der Waals surface area contributed by atoms with Crippen LogP contribution in [0, 0.1) is 0 Å². The Hall–Kier alpha value is -1.02. The predicted molar refractivity (Wildman–Crippen MR) is 78.4 cm³/mol. The van der Waals surface area contributed by atoms with Gasteiger partial charge < -0.3 is 9.29 Å². The zero-order chi connectivity index (χ0) is 17.4. The third kappa shape index (κ3) is 11.3. The molecule has 0 radical (unpaired) electrons. The standard InChI is InChI=1S/C9H11F5O2S.2C2H6/c1-7(6-15)8-3-2-4-9(5-8)16-17(10,11,12,13)14;2*1-2/h2-5,7,15H,6H2,1H3;2*1-2H3. The van der Waals surface area contributed by atoms with Crippen molar-refractivity contribution in [1.29, 1.82) is 0 Å². The van der Waals surface area contributed by atoms with Gasteiger partial charge in [-0.05, 0) is 17.7 Å². The number of benzene rings is 1. The lowest BCUT2D eigenvalue weighted by Gasteiger charge is -2.39. The van der Waals surface area contributed by atoms with Gasteiger partial charge in [0.15, 0.2) is 0 Å². The van der Waals surface area contributed by atoms with Crippen LogP contribution >= 0.6 is 10.5 Å². The molecule has 0 aromatic heterocycles. The summed E-state index contributed by atoms with van der Waals surface area (Å²) >= 11 is 0. The van der Waals surface area contributed by atoms with Gasteiger partial charge in [-0.15, -0.1) is 0 Å². The molecule has 21 heavy (non-hydrogen) atoms. The number of hydrogen-bond acceptors (Lipinski definition) is 2. The smallest absolute Gasteiger partial charge is 0.396 e. The average Bonchev–Trinajstić information content (AvgIpc) is 2.39. The van der Waals surface area contributed by atoms with Gasteiger partial charge in [0.25, 0.3) is 0 Å². The van der Waals surface area contributed by atoms with Crippen LogP contribution in [0.15, 0.2) is 24.3 Å². The monoisotopic (exact) mass is 338 g/mol. The zero-order valence-corrected chi connectivity index (χ0v) is 13.6. The first kappa shape index (κ1) is 22.3. The van der Waals surface area contributed by atoms with Crippen molar-refractivity contribution in [1.82, 2.24) is 0 Å². The van der Waals surface area contributed by atoms with Gasteiger partial charge in [-0.2, -0.15) is 0 Å². The Kier molecular flexibility index (Phi) is 7.75. The highest BCUT2D eigenvalue weighted by molar-refractivity contribution is 8.42. The van der Waals surface area contributed by atoms with E-state index in [-0.39, 0.29) is 12.2 Å². The van der Waals surface area contributed by atoms with E-state index in [1.54, 1.807) is 6.92 Å². The summed E-state index contributed by atoms with van der Waals surface area (Å²) in [5.74, 6) is -1.45. The molecule has 0 bridgehead atoms. The van der Waals surface area contributed by atoms with E-state index in [0.29, 0.717) is 0 Å². The Morgan fingerprint density at radius 2 is 1.52 bits per heavy atom. The normalized spacial score (nSPS) is 15.2. The molecule has 8 heteroatoms. The molecule has 1 aromatic rings. The topological polar surface area (TPSA) is 29.5 Å². The summed E-state index contributed by atoms with van der Waals surface area (Å²) in [5.41, 5.74) is 0.284. The van der Waals surface area contributed by atoms with Gasteiger partial charge in [0, 0.05) is 12.5 Å². The van der Waals surface area contributed by atoms with E-state index in [1.165, 1.54) is 6.07 Å². The molecule has 0 heterocycles. The van der Waals surface area contributed by atoms with Crippen molar-refractivity contribution in [2.45, 2.75) is 40.5 Å². The molecule has 0 fully saturated rings. The molecule has 1 N–H and O–H groups in total. The molecule has 1 rings (SSSR count). The van der Waals surface area contributed by atoms with Gasteiger partial charge in [-0.3, -0.25) is 0 Å². The first-order valence-electron chi connectivity index (χ1n) is 6.55.